The van der Waals surface area contributed by atoms with E-state index in [1.54, 1.807) is 0 Å². The number of hydrogen-bond donors (Lipinski definition) is 2. The average Bonchev–Trinajstić information content (AvgIpc) is 3.34. The van der Waals surface area contributed by atoms with Crippen LogP contribution in [-0.2, 0) is 42.1 Å². The maximum atomic E-state index is 12.5. The summed E-state index contributed by atoms with van der Waals surface area (Å²) in [5.74, 6) is -0.0434. The number of nitrogens with one attached hydrogen (secondary N) is 2. The molecule has 0 radical (unpaired) electrons. The van der Waals surface area contributed by atoms with E-state index in [1.165, 1.54) is 27.8 Å². The summed E-state index contributed by atoms with van der Waals surface area (Å²) in [6, 6.07) is 11.7. The van der Waals surface area contributed by atoms with Crippen LogP contribution in [0.25, 0.3) is 0 Å². The number of rotatable bonds is 7. The molecule has 29 heavy (non-hydrogen) atoms. The normalized spacial score (nSPS) is 15.0. The average molecular weight is 413 g/mol. The second-order valence-corrected chi connectivity index (χ2v) is 9.89. The first-order valence-corrected chi connectivity index (χ1v) is 12.2. The largest absolute Gasteiger partial charge is 0.332 e. The molecule has 0 heterocycles. The highest BCUT2D eigenvalue weighted by molar-refractivity contribution is 7.90. The van der Waals surface area contributed by atoms with Crippen molar-refractivity contribution in [2.45, 2.75) is 57.8 Å². The topological polar surface area (TPSA) is 75.3 Å². The van der Waals surface area contributed by atoms with Crippen molar-refractivity contribution in [3.63, 3.8) is 0 Å². The predicted molar refractivity (Wildman–Crippen MR) is 116 cm³/mol. The molecule has 0 aromatic heterocycles. The van der Waals surface area contributed by atoms with Crippen LogP contribution in [0.4, 0.5) is 10.5 Å². The van der Waals surface area contributed by atoms with Gasteiger partial charge in [0.1, 0.15) is 0 Å². The molecule has 6 heteroatoms. The minimum atomic E-state index is -3.65. The summed E-state index contributed by atoms with van der Waals surface area (Å²) in [7, 11) is -3.65. The molecule has 2 aromatic carbocycles. The van der Waals surface area contributed by atoms with Gasteiger partial charge in [0.05, 0.1) is 5.75 Å². The van der Waals surface area contributed by atoms with Crippen molar-refractivity contribution < 1.29 is 13.2 Å². The Morgan fingerprint density at radius 2 is 1.55 bits per heavy atom. The highest BCUT2D eigenvalue weighted by Crippen LogP contribution is 2.38. The van der Waals surface area contributed by atoms with E-state index in [2.05, 4.69) is 16.1 Å². The third-order valence-corrected chi connectivity index (χ3v) is 7.25. The van der Waals surface area contributed by atoms with Crippen LogP contribution in [0, 0.1) is 0 Å². The van der Waals surface area contributed by atoms with Crippen molar-refractivity contribution >= 4 is 21.7 Å². The van der Waals surface area contributed by atoms with Crippen molar-refractivity contribution in [1.29, 1.82) is 0 Å². The molecule has 0 saturated heterocycles. The van der Waals surface area contributed by atoms with Crippen LogP contribution >= 0.6 is 0 Å². The minimum absolute atomic E-state index is 0.0434. The number of fused-ring (bicyclic) bond motifs is 2. The Morgan fingerprint density at radius 1 is 0.897 bits per heavy atom. The fraction of sp³-hybridized carbons (Fsp3) is 0.435. The van der Waals surface area contributed by atoms with E-state index < -0.39 is 16.1 Å². The lowest BCUT2D eigenvalue weighted by molar-refractivity contribution is 0.256. The summed E-state index contributed by atoms with van der Waals surface area (Å²) in [6.07, 6.45) is 8.29. The molecular weight excluding hydrogens is 384 g/mol. The Morgan fingerprint density at radius 3 is 2.21 bits per heavy atom. The van der Waals surface area contributed by atoms with E-state index in [9.17, 15) is 13.2 Å². The molecule has 0 aliphatic heterocycles. The van der Waals surface area contributed by atoms with Crippen molar-refractivity contribution in [2.24, 2.45) is 0 Å². The monoisotopic (exact) mass is 412 g/mol. The molecule has 0 bridgehead atoms. The van der Waals surface area contributed by atoms with Gasteiger partial charge in [-0.25, -0.2) is 17.9 Å². The summed E-state index contributed by atoms with van der Waals surface area (Å²) in [5.41, 5.74) is 7.07. The Balaban J connectivity index is 1.34. The predicted octanol–water partition coefficient (Wildman–Crippen LogP) is 4.14. The van der Waals surface area contributed by atoms with Crippen LogP contribution in [0.1, 0.15) is 53.5 Å². The first-order valence-electron chi connectivity index (χ1n) is 10.5. The van der Waals surface area contributed by atoms with Crippen LogP contribution < -0.4 is 10.0 Å². The minimum Gasteiger partial charge on any atom is -0.307 e. The van der Waals surface area contributed by atoms with E-state index in [-0.39, 0.29) is 5.75 Å². The third kappa shape index (κ3) is 4.81. The van der Waals surface area contributed by atoms with Gasteiger partial charge in [-0.1, -0.05) is 36.4 Å². The Labute approximate surface area is 173 Å². The van der Waals surface area contributed by atoms with E-state index >= 15 is 0 Å². The van der Waals surface area contributed by atoms with Gasteiger partial charge in [-0.05, 0) is 85.6 Å². The van der Waals surface area contributed by atoms with Gasteiger partial charge < -0.3 is 5.32 Å². The Hall–Kier alpha value is -2.34. The maximum Gasteiger partial charge on any atom is 0.332 e. The first kappa shape index (κ1) is 20.0. The molecule has 0 saturated carbocycles. The van der Waals surface area contributed by atoms with Crippen molar-refractivity contribution in [1.82, 2.24) is 4.72 Å². The van der Waals surface area contributed by atoms with E-state index in [4.69, 9.17) is 0 Å². The first-order chi connectivity index (χ1) is 14.0. The highest BCUT2D eigenvalue weighted by atomic mass is 32.2. The number of hydrogen-bond acceptors (Lipinski definition) is 3. The zero-order valence-corrected chi connectivity index (χ0v) is 17.5. The molecule has 4 rings (SSSR count). The lowest BCUT2D eigenvalue weighted by Crippen LogP contribution is -2.36. The molecule has 0 fully saturated rings. The Bertz CT molecular complexity index is 968. The standard InChI is InChI=1S/C23H28N2O3S/c26-23(25-29(27,28)15-5-4-10-17-8-2-1-3-9-17)24-22-20-13-6-11-18(20)16-19-12-7-14-21(19)22/h1-3,8-9,16H,4-7,10-15H2,(H2,24,25,26). The number of amides is 2. The zero-order chi connectivity index (χ0) is 20.3. The number of aryl methyl sites for hydroxylation is 3. The molecule has 2 N–H and O–H groups in total. The fourth-order valence-corrected chi connectivity index (χ4v) is 5.58. The van der Waals surface area contributed by atoms with Gasteiger partial charge in [0.25, 0.3) is 0 Å². The second kappa shape index (κ2) is 8.57. The molecule has 0 atom stereocenters. The van der Waals surface area contributed by atoms with Gasteiger partial charge in [-0.2, -0.15) is 0 Å². The quantitative estimate of drug-likeness (QED) is 0.671. The van der Waals surface area contributed by atoms with Gasteiger partial charge in [0.2, 0.25) is 10.0 Å². The summed E-state index contributed by atoms with van der Waals surface area (Å²) < 4.78 is 26.9. The van der Waals surface area contributed by atoms with Crippen LogP contribution in [-0.4, -0.2) is 20.2 Å². The van der Waals surface area contributed by atoms with Crippen molar-refractivity contribution in [3.05, 3.63) is 64.2 Å². The summed E-state index contributed by atoms with van der Waals surface area (Å²) >= 11 is 0. The van der Waals surface area contributed by atoms with Gasteiger partial charge in [-0.15, -0.1) is 0 Å². The molecular formula is C23H28N2O3S. The molecule has 5 nitrogen and oxygen atoms in total. The number of carbonyl (C=O) groups is 1. The smallest absolute Gasteiger partial charge is 0.307 e. The van der Waals surface area contributed by atoms with Crippen LogP contribution in [0.3, 0.4) is 0 Å². The summed E-state index contributed by atoms with van der Waals surface area (Å²) in [5, 5.41) is 2.89. The fourth-order valence-electron chi connectivity index (χ4n) is 4.56. The third-order valence-electron chi connectivity index (χ3n) is 5.93. The maximum absolute atomic E-state index is 12.5. The van der Waals surface area contributed by atoms with Crippen LogP contribution in [0.15, 0.2) is 36.4 Å². The lowest BCUT2D eigenvalue weighted by atomic mass is 9.99. The summed E-state index contributed by atoms with van der Waals surface area (Å²) in [4.78, 5) is 12.5. The van der Waals surface area contributed by atoms with Gasteiger partial charge in [-0.3, -0.25) is 0 Å². The number of carbonyl (C=O) groups excluding carboxylic acids is 1. The highest BCUT2D eigenvalue weighted by Gasteiger charge is 2.25. The van der Waals surface area contributed by atoms with E-state index in [1.807, 2.05) is 30.3 Å². The summed E-state index contributed by atoms with van der Waals surface area (Å²) in [6.45, 7) is 0. The lowest BCUT2D eigenvalue weighted by Gasteiger charge is -2.16. The zero-order valence-electron chi connectivity index (χ0n) is 16.7. The number of unbranched alkanes of at least 4 members (excludes halogenated alkanes) is 1. The Kier molecular flexibility index (Phi) is 5.90. The van der Waals surface area contributed by atoms with Crippen molar-refractivity contribution in [2.75, 3.05) is 11.1 Å². The molecule has 154 valence electrons. The SMILES string of the molecule is O=C(Nc1c2c(cc3c1CCC3)CCC2)NS(=O)(=O)CCCCc1ccccc1. The number of anilines is 1. The molecule has 0 spiro atoms. The van der Waals surface area contributed by atoms with Crippen LogP contribution in [0.2, 0.25) is 0 Å². The van der Waals surface area contributed by atoms with E-state index in [0.29, 0.717) is 6.42 Å². The molecule has 2 aromatic rings. The van der Waals surface area contributed by atoms with Crippen LogP contribution in [0.5, 0.6) is 0 Å². The number of sulfonamides is 1. The molecule has 2 aliphatic carbocycles. The second-order valence-electron chi connectivity index (χ2n) is 8.05. The molecule has 0 unspecified atom stereocenters. The van der Waals surface area contributed by atoms with Gasteiger partial charge in [0.15, 0.2) is 0 Å². The number of benzene rings is 2. The number of urea groups is 1. The molecule has 2 amide bonds. The van der Waals surface area contributed by atoms with E-state index in [0.717, 1.165) is 57.1 Å². The van der Waals surface area contributed by atoms with Gasteiger partial charge in [0, 0.05) is 5.69 Å². The molecule has 2 aliphatic rings. The van der Waals surface area contributed by atoms with Crippen molar-refractivity contribution in [3.8, 4) is 0 Å². The van der Waals surface area contributed by atoms with Gasteiger partial charge >= 0.3 is 6.03 Å².